The molecule has 8 nitrogen and oxygen atoms in total. The summed E-state index contributed by atoms with van der Waals surface area (Å²) in [5.41, 5.74) is 0.279. The molecule has 0 spiro atoms. The smallest absolute Gasteiger partial charge is 0.243 e. The Labute approximate surface area is 187 Å². The fourth-order valence-electron chi connectivity index (χ4n) is 4.07. The third kappa shape index (κ3) is 4.42. The highest BCUT2D eigenvalue weighted by atomic mass is 32.2. The molecule has 4 rings (SSSR count). The van der Waals surface area contributed by atoms with E-state index in [2.05, 4.69) is 5.32 Å². The lowest BCUT2D eigenvalue weighted by Gasteiger charge is -2.23. The molecule has 2 aromatic carbocycles. The summed E-state index contributed by atoms with van der Waals surface area (Å²) in [6, 6.07) is 9.49. The maximum atomic E-state index is 13.2. The Hall–Kier alpha value is -2.34. The van der Waals surface area contributed by atoms with E-state index in [0.29, 0.717) is 25.9 Å². The minimum absolute atomic E-state index is 0.0828. The normalized spacial score (nSPS) is 20.5. The summed E-state index contributed by atoms with van der Waals surface area (Å²) in [7, 11) is -7.63. The van der Waals surface area contributed by atoms with Crippen molar-refractivity contribution < 1.29 is 26.0 Å². The monoisotopic (exact) mass is 481 g/mol. The second-order valence-corrected chi connectivity index (χ2v) is 11.7. The molecule has 172 valence electrons. The van der Waals surface area contributed by atoms with Gasteiger partial charge in [-0.05, 0) is 68.1 Å². The van der Waals surface area contributed by atoms with Gasteiger partial charge < -0.3 is 5.32 Å². The van der Waals surface area contributed by atoms with Crippen LogP contribution in [0.3, 0.4) is 0 Å². The number of halogens is 1. The van der Waals surface area contributed by atoms with Gasteiger partial charge in [0.05, 0.1) is 9.79 Å². The lowest BCUT2D eigenvalue weighted by Crippen LogP contribution is -2.43. The zero-order valence-electron chi connectivity index (χ0n) is 17.3. The van der Waals surface area contributed by atoms with Gasteiger partial charge in [-0.1, -0.05) is 6.07 Å². The third-order valence-electron chi connectivity index (χ3n) is 5.73. The quantitative estimate of drug-likeness (QED) is 0.682. The molecule has 0 radical (unpaired) electrons. The SMILES string of the molecule is O=C(Nc1cccc(S(=O)(=O)N2CCCC2)c1)C1CCCN1S(=O)(=O)c1ccc(F)cc1. The van der Waals surface area contributed by atoms with E-state index < -0.39 is 37.8 Å². The number of hydrogen-bond acceptors (Lipinski definition) is 5. The molecule has 2 fully saturated rings. The number of nitrogens with one attached hydrogen (secondary N) is 1. The molecular weight excluding hydrogens is 457 g/mol. The van der Waals surface area contributed by atoms with Crippen molar-refractivity contribution >= 4 is 31.6 Å². The number of benzene rings is 2. The summed E-state index contributed by atoms with van der Waals surface area (Å²) >= 11 is 0. The lowest BCUT2D eigenvalue weighted by molar-refractivity contribution is -0.119. The van der Waals surface area contributed by atoms with Gasteiger partial charge in [0, 0.05) is 25.3 Å². The van der Waals surface area contributed by atoms with Gasteiger partial charge in [0.25, 0.3) is 0 Å². The van der Waals surface area contributed by atoms with Gasteiger partial charge in [-0.3, -0.25) is 4.79 Å². The zero-order valence-corrected chi connectivity index (χ0v) is 18.9. The Kier molecular flexibility index (Phi) is 6.35. The Morgan fingerprint density at radius 3 is 2.25 bits per heavy atom. The number of anilines is 1. The number of nitrogens with zero attached hydrogens (tertiary/aromatic N) is 2. The zero-order chi connectivity index (χ0) is 22.9. The maximum Gasteiger partial charge on any atom is 0.243 e. The van der Waals surface area contributed by atoms with Crippen molar-refractivity contribution in [3.8, 4) is 0 Å². The predicted molar refractivity (Wildman–Crippen MR) is 116 cm³/mol. The summed E-state index contributed by atoms with van der Waals surface area (Å²) in [5.74, 6) is -1.09. The Morgan fingerprint density at radius 2 is 1.56 bits per heavy atom. The van der Waals surface area contributed by atoms with Gasteiger partial charge >= 0.3 is 0 Å². The summed E-state index contributed by atoms with van der Waals surface area (Å²) in [6.07, 6.45) is 2.46. The van der Waals surface area contributed by atoms with E-state index in [1.807, 2.05) is 0 Å². The molecule has 0 bridgehead atoms. The molecule has 2 aromatic rings. The van der Waals surface area contributed by atoms with Crippen LogP contribution < -0.4 is 5.32 Å². The van der Waals surface area contributed by atoms with Crippen molar-refractivity contribution in [1.82, 2.24) is 8.61 Å². The van der Waals surface area contributed by atoms with E-state index in [1.165, 1.54) is 28.6 Å². The van der Waals surface area contributed by atoms with Crippen LogP contribution in [0.5, 0.6) is 0 Å². The van der Waals surface area contributed by atoms with Gasteiger partial charge in [-0.15, -0.1) is 0 Å². The van der Waals surface area contributed by atoms with E-state index in [1.54, 1.807) is 12.1 Å². The summed E-state index contributed by atoms with van der Waals surface area (Å²) < 4.78 is 67.3. The van der Waals surface area contributed by atoms with Crippen LogP contribution in [0, 0.1) is 5.82 Å². The van der Waals surface area contributed by atoms with Crippen LogP contribution in [-0.4, -0.2) is 57.0 Å². The first kappa shape index (κ1) is 22.8. The van der Waals surface area contributed by atoms with E-state index in [9.17, 15) is 26.0 Å². The van der Waals surface area contributed by atoms with Crippen molar-refractivity contribution in [3.63, 3.8) is 0 Å². The number of amides is 1. The lowest BCUT2D eigenvalue weighted by atomic mass is 10.2. The van der Waals surface area contributed by atoms with E-state index >= 15 is 0 Å². The van der Waals surface area contributed by atoms with Crippen molar-refractivity contribution in [2.75, 3.05) is 25.0 Å². The largest absolute Gasteiger partial charge is 0.325 e. The topological polar surface area (TPSA) is 104 Å². The molecule has 1 unspecified atom stereocenters. The van der Waals surface area contributed by atoms with Crippen molar-refractivity contribution in [3.05, 3.63) is 54.3 Å². The average molecular weight is 482 g/mol. The second kappa shape index (κ2) is 8.89. The molecule has 1 N–H and O–H groups in total. The molecule has 0 saturated carbocycles. The molecule has 32 heavy (non-hydrogen) atoms. The highest BCUT2D eigenvalue weighted by Gasteiger charge is 2.39. The highest BCUT2D eigenvalue weighted by molar-refractivity contribution is 7.89. The van der Waals surface area contributed by atoms with Gasteiger partial charge in [0.2, 0.25) is 26.0 Å². The third-order valence-corrected chi connectivity index (χ3v) is 9.55. The van der Waals surface area contributed by atoms with Crippen LogP contribution in [-0.2, 0) is 24.8 Å². The van der Waals surface area contributed by atoms with Crippen LogP contribution in [0.1, 0.15) is 25.7 Å². The summed E-state index contributed by atoms with van der Waals surface area (Å²) in [4.78, 5) is 12.9. The van der Waals surface area contributed by atoms with Gasteiger partial charge in [0.15, 0.2) is 0 Å². The summed E-state index contributed by atoms with van der Waals surface area (Å²) in [6.45, 7) is 1.11. The Morgan fingerprint density at radius 1 is 0.875 bits per heavy atom. The van der Waals surface area contributed by atoms with E-state index in [-0.39, 0.29) is 22.0 Å². The fraction of sp³-hybridized carbons (Fsp3) is 0.381. The first-order chi connectivity index (χ1) is 15.2. The predicted octanol–water partition coefficient (Wildman–Crippen LogP) is 2.40. The first-order valence-corrected chi connectivity index (χ1v) is 13.3. The molecule has 2 aliphatic heterocycles. The average Bonchev–Trinajstić information content (AvgIpc) is 3.47. The highest BCUT2D eigenvalue weighted by Crippen LogP contribution is 2.28. The molecule has 1 amide bonds. The van der Waals surface area contributed by atoms with Crippen LogP contribution >= 0.6 is 0 Å². The van der Waals surface area contributed by atoms with Crippen LogP contribution in [0.15, 0.2) is 58.3 Å². The van der Waals surface area contributed by atoms with Gasteiger partial charge in [-0.2, -0.15) is 8.61 Å². The Bertz CT molecular complexity index is 1210. The second-order valence-electron chi connectivity index (χ2n) is 7.86. The molecule has 1 atom stereocenters. The van der Waals surface area contributed by atoms with Crippen LogP contribution in [0.25, 0.3) is 0 Å². The number of sulfonamides is 2. The fourth-order valence-corrected chi connectivity index (χ4v) is 7.29. The molecule has 11 heteroatoms. The molecule has 2 heterocycles. The number of rotatable bonds is 6. The molecular formula is C21H24FN3O5S2. The molecule has 2 aliphatic rings. The summed E-state index contributed by atoms with van der Waals surface area (Å²) in [5, 5.41) is 2.66. The Balaban J connectivity index is 1.53. The first-order valence-electron chi connectivity index (χ1n) is 10.4. The van der Waals surface area contributed by atoms with E-state index in [4.69, 9.17) is 0 Å². The van der Waals surface area contributed by atoms with Gasteiger partial charge in [0.1, 0.15) is 11.9 Å². The molecule has 0 aliphatic carbocycles. The van der Waals surface area contributed by atoms with Crippen LogP contribution in [0.4, 0.5) is 10.1 Å². The molecule has 2 saturated heterocycles. The molecule has 0 aromatic heterocycles. The number of hydrogen-bond donors (Lipinski definition) is 1. The van der Waals surface area contributed by atoms with E-state index in [0.717, 1.165) is 29.3 Å². The minimum Gasteiger partial charge on any atom is -0.325 e. The van der Waals surface area contributed by atoms with Crippen molar-refractivity contribution in [2.24, 2.45) is 0 Å². The minimum atomic E-state index is -3.98. The standard InChI is InChI=1S/C21H24FN3O5S2/c22-16-8-10-18(11-9-16)32(29,30)25-14-4-7-20(25)21(26)23-17-5-3-6-19(15-17)31(27,28)24-12-1-2-13-24/h3,5-6,8-11,15,20H,1-2,4,7,12-14H2,(H,23,26). The van der Waals surface area contributed by atoms with Crippen molar-refractivity contribution in [1.29, 1.82) is 0 Å². The van der Waals surface area contributed by atoms with Crippen molar-refractivity contribution in [2.45, 2.75) is 41.5 Å². The van der Waals surface area contributed by atoms with Crippen LogP contribution in [0.2, 0.25) is 0 Å². The van der Waals surface area contributed by atoms with Gasteiger partial charge in [-0.25, -0.2) is 21.2 Å². The maximum absolute atomic E-state index is 13.2. The number of carbonyl (C=O) groups is 1. The number of carbonyl (C=O) groups excluding carboxylic acids is 1.